The second kappa shape index (κ2) is 4.63. The average Bonchev–Trinajstić information content (AvgIpc) is 2.43. The topological polar surface area (TPSA) is 51.4 Å². The molecule has 0 spiro atoms. The van der Waals surface area contributed by atoms with Crippen molar-refractivity contribution >= 4 is 33.9 Å². The molecule has 2 heterocycles. The van der Waals surface area contributed by atoms with Crippen LogP contribution in [0.2, 0.25) is 5.02 Å². The summed E-state index contributed by atoms with van der Waals surface area (Å²) in [6.07, 6.45) is 1.78. The van der Waals surface area contributed by atoms with E-state index in [-0.39, 0.29) is 0 Å². The number of nitrogens with two attached hydrogens (primary N) is 1. The molecule has 1 aromatic heterocycles. The molecule has 1 fully saturated rings. The minimum atomic E-state index is 0.689. The van der Waals surface area contributed by atoms with Gasteiger partial charge in [0.15, 0.2) is 0 Å². The van der Waals surface area contributed by atoms with Gasteiger partial charge in [0.2, 0.25) is 0 Å². The van der Waals surface area contributed by atoms with Crippen LogP contribution < -0.4 is 10.6 Å². The molecule has 1 aromatic carbocycles. The van der Waals surface area contributed by atoms with Crippen molar-refractivity contribution in [3.8, 4) is 0 Å². The standard InChI is InChI=1S/C13H14ClN3O/c14-10-1-2-11(15)9-3-4-16-13(12(9)10)17-5-7-18-8-6-17/h1-4H,5-8,15H2. The van der Waals surface area contributed by atoms with Crippen LogP contribution in [0.25, 0.3) is 10.8 Å². The van der Waals surface area contributed by atoms with Gasteiger partial charge in [0.25, 0.3) is 0 Å². The Kier molecular flexibility index (Phi) is 2.97. The molecule has 0 radical (unpaired) electrons. The number of halogens is 1. The maximum absolute atomic E-state index is 6.30. The summed E-state index contributed by atoms with van der Waals surface area (Å²) >= 11 is 6.30. The van der Waals surface area contributed by atoms with Crippen molar-refractivity contribution in [1.82, 2.24) is 4.98 Å². The highest BCUT2D eigenvalue weighted by Crippen LogP contribution is 2.34. The fraction of sp³-hybridized carbons (Fsp3) is 0.308. The normalized spacial score (nSPS) is 16.2. The monoisotopic (exact) mass is 263 g/mol. The lowest BCUT2D eigenvalue weighted by atomic mass is 10.1. The van der Waals surface area contributed by atoms with E-state index in [1.807, 2.05) is 18.2 Å². The molecule has 3 rings (SSSR count). The first-order chi connectivity index (χ1) is 8.77. The molecule has 2 aromatic rings. The predicted molar refractivity (Wildman–Crippen MR) is 74.2 cm³/mol. The third kappa shape index (κ3) is 1.87. The van der Waals surface area contributed by atoms with Gasteiger partial charge < -0.3 is 15.4 Å². The summed E-state index contributed by atoms with van der Waals surface area (Å²) in [5, 5.41) is 2.58. The zero-order chi connectivity index (χ0) is 12.5. The van der Waals surface area contributed by atoms with Crippen molar-refractivity contribution in [1.29, 1.82) is 0 Å². The Morgan fingerprint density at radius 1 is 1.22 bits per heavy atom. The van der Waals surface area contributed by atoms with E-state index < -0.39 is 0 Å². The zero-order valence-corrected chi connectivity index (χ0v) is 10.7. The molecule has 1 aliphatic heterocycles. The molecule has 18 heavy (non-hydrogen) atoms. The predicted octanol–water partition coefficient (Wildman–Crippen LogP) is 2.31. The summed E-state index contributed by atoms with van der Waals surface area (Å²) in [6, 6.07) is 5.55. The summed E-state index contributed by atoms with van der Waals surface area (Å²) in [5.74, 6) is 0.896. The summed E-state index contributed by atoms with van der Waals surface area (Å²) in [5.41, 5.74) is 6.72. The summed E-state index contributed by atoms with van der Waals surface area (Å²) < 4.78 is 5.36. The first kappa shape index (κ1) is 11.6. The van der Waals surface area contributed by atoms with Gasteiger partial charge >= 0.3 is 0 Å². The van der Waals surface area contributed by atoms with Gasteiger partial charge in [0.05, 0.1) is 18.2 Å². The third-order valence-electron chi connectivity index (χ3n) is 3.20. The van der Waals surface area contributed by atoms with Crippen LogP contribution in [0.15, 0.2) is 24.4 Å². The number of hydrogen-bond donors (Lipinski definition) is 1. The number of pyridine rings is 1. The molecule has 0 saturated carbocycles. The van der Waals surface area contributed by atoms with Crippen LogP contribution in [0.1, 0.15) is 0 Å². The number of hydrogen-bond acceptors (Lipinski definition) is 4. The van der Waals surface area contributed by atoms with E-state index in [0.717, 1.165) is 48.6 Å². The number of rotatable bonds is 1. The number of nitrogen functional groups attached to an aromatic ring is 1. The molecular formula is C13H14ClN3O. The van der Waals surface area contributed by atoms with Gasteiger partial charge in [0.1, 0.15) is 5.82 Å². The molecule has 1 saturated heterocycles. The summed E-state index contributed by atoms with van der Waals surface area (Å²) in [4.78, 5) is 6.65. The second-order valence-corrected chi connectivity index (χ2v) is 4.70. The van der Waals surface area contributed by atoms with Crippen molar-refractivity contribution in [3.05, 3.63) is 29.4 Å². The molecular weight excluding hydrogens is 250 g/mol. The Balaban J connectivity index is 2.19. The van der Waals surface area contributed by atoms with Gasteiger partial charge in [-0.25, -0.2) is 4.98 Å². The largest absolute Gasteiger partial charge is 0.398 e. The number of morpholine rings is 1. The van der Waals surface area contributed by atoms with E-state index in [2.05, 4.69) is 9.88 Å². The Hall–Kier alpha value is -1.52. The summed E-state index contributed by atoms with van der Waals surface area (Å²) in [6.45, 7) is 3.10. The fourth-order valence-electron chi connectivity index (χ4n) is 2.28. The van der Waals surface area contributed by atoms with E-state index in [0.29, 0.717) is 5.02 Å². The number of fused-ring (bicyclic) bond motifs is 1. The van der Waals surface area contributed by atoms with Gasteiger partial charge in [0, 0.05) is 35.7 Å². The number of ether oxygens (including phenoxy) is 1. The Morgan fingerprint density at radius 3 is 2.78 bits per heavy atom. The van der Waals surface area contributed by atoms with Crippen molar-refractivity contribution in [3.63, 3.8) is 0 Å². The minimum absolute atomic E-state index is 0.689. The molecule has 4 nitrogen and oxygen atoms in total. The molecule has 1 aliphatic rings. The lowest BCUT2D eigenvalue weighted by molar-refractivity contribution is 0.122. The van der Waals surface area contributed by atoms with Crippen LogP contribution in [-0.4, -0.2) is 31.3 Å². The van der Waals surface area contributed by atoms with Gasteiger partial charge in [-0.1, -0.05) is 11.6 Å². The smallest absolute Gasteiger partial charge is 0.138 e. The second-order valence-electron chi connectivity index (χ2n) is 4.29. The molecule has 0 bridgehead atoms. The molecule has 0 amide bonds. The highest BCUT2D eigenvalue weighted by atomic mass is 35.5. The van der Waals surface area contributed by atoms with Gasteiger partial charge in [-0.3, -0.25) is 0 Å². The molecule has 0 aliphatic carbocycles. The minimum Gasteiger partial charge on any atom is -0.398 e. The van der Waals surface area contributed by atoms with Crippen LogP contribution in [-0.2, 0) is 4.74 Å². The van der Waals surface area contributed by atoms with Gasteiger partial charge in [-0.15, -0.1) is 0 Å². The molecule has 0 unspecified atom stereocenters. The van der Waals surface area contributed by atoms with Crippen molar-refractivity contribution < 1.29 is 4.74 Å². The van der Waals surface area contributed by atoms with E-state index in [9.17, 15) is 0 Å². The van der Waals surface area contributed by atoms with Crippen molar-refractivity contribution in [2.45, 2.75) is 0 Å². The molecule has 2 N–H and O–H groups in total. The summed E-state index contributed by atoms with van der Waals surface area (Å²) in [7, 11) is 0. The maximum Gasteiger partial charge on any atom is 0.138 e. The Labute approximate surface area is 110 Å². The van der Waals surface area contributed by atoms with Gasteiger partial charge in [-0.05, 0) is 18.2 Å². The van der Waals surface area contributed by atoms with Crippen LogP contribution >= 0.6 is 11.6 Å². The first-order valence-electron chi connectivity index (χ1n) is 5.93. The molecule has 0 atom stereocenters. The van der Waals surface area contributed by atoms with E-state index in [1.165, 1.54) is 0 Å². The SMILES string of the molecule is Nc1ccc(Cl)c2c(N3CCOCC3)nccc12. The van der Waals surface area contributed by atoms with Crippen LogP contribution in [0.5, 0.6) is 0 Å². The van der Waals surface area contributed by atoms with Crippen LogP contribution in [0, 0.1) is 0 Å². The lowest BCUT2D eigenvalue weighted by Crippen LogP contribution is -2.36. The zero-order valence-electron chi connectivity index (χ0n) is 9.90. The third-order valence-corrected chi connectivity index (χ3v) is 3.52. The molecule has 94 valence electrons. The van der Waals surface area contributed by atoms with Crippen molar-refractivity contribution in [2.75, 3.05) is 36.9 Å². The Morgan fingerprint density at radius 2 is 2.00 bits per heavy atom. The quantitative estimate of drug-likeness (QED) is 0.802. The van der Waals surface area contributed by atoms with Crippen molar-refractivity contribution in [2.24, 2.45) is 0 Å². The average molecular weight is 264 g/mol. The highest BCUT2D eigenvalue weighted by Gasteiger charge is 2.17. The first-order valence-corrected chi connectivity index (χ1v) is 6.30. The number of anilines is 2. The van der Waals surface area contributed by atoms with E-state index >= 15 is 0 Å². The van der Waals surface area contributed by atoms with E-state index in [1.54, 1.807) is 6.20 Å². The maximum atomic E-state index is 6.30. The number of aromatic nitrogens is 1. The van der Waals surface area contributed by atoms with Gasteiger partial charge in [-0.2, -0.15) is 0 Å². The van der Waals surface area contributed by atoms with E-state index in [4.69, 9.17) is 22.1 Å². The highest BCUT2D eigenvalue weighted by molar-refractivity contribution is 6.37. The molecule has 5 heteroatoms. The number of benzene rings is 1. The number of nitrogens with zero attached hydrogens (tertiary/aromatic N) is 2. The van der Waals surface area contributed by atoms with Crippen LogP contribution in [0.4, 0.5) is 11.5 Å². The Bertz CT molecular complexity index is 582. The van der Waals surface area contributed by atoms with Crippen LogP contribution in [0.3, 0.4) is 0 Å². The fourth-order valence-corrected chi connectivity index (χ4v) is 2.53. The lowest BCUT2D eigenvalue weighted by Gasteiger charge is -2.29.